The number of nitrogens with one attached hydrogen (secondary N) is 1. The highest BCUT2D eigenvalue weighted by Crippen LogP contribution is 2.26. The Balaban J connectivity index is 1.99. The summed E-state index contributed by atoms with van der Waals surface area (Å²) in [6.07, 6.45) is 0. The standard InChI is InChI=1S/C19H23BrN2O3/c1-4-22(12-14-9-10-17(24-2)15(20)11-14)13-19(23)21-16-7-5-6-8-18(16)25-3/h5-11H,4,12-13H2,1-3H3,(H,21,23). The van der Waals surface area contributed by atoms with E-state index >= 15 is 0 Å². The molecular formula is C19H23BrN2O3. The minimum Gasteiger partial charge on any atom is -0.496 e. The summed E-state index contributed by atoms with van der Waals surface area (Å²) in [5.41, 5.74) is 1.79. The molecule has 25 heavy (non-hydrogen) atoms. The highest BCUT2D eigenvalue weighted by Gasteiger charge is 2.12. The maximum atomic E-state index is 12.4. The van der Waals surface area contributed by atoms with E-state index in [0.717, 1.165) is 22.3 Å². The molecule has 0 aliphatic rings. The van der Waals surface area contributed by atoms with Gasteiger partial charge in [-0.1, -0.05) is 25.1 Å². The van der Waals surface area contributed by atoms with E-state index in [1.807, 2.05) is 49.4 Å². The number of benzene rings is 2. The summed E-state index contributed by atoms with van der Waals surface area (Å²) in [6.45, 7) is 3.79. The van der Waals surface area contributed by atoms with E-state index in [-0.39, 0.29) is 5.91 Å². The number of halogens is 1. The van der Waals surface area contributed by atoms with Crippen molar-refractivity contribution in [1.29, 1.82) is 0 Å². The minimum atomic E-state index is -0.0704. The number of ether oxygens (including phenoxy) is 2. The number of carbonyl (C=O) groups is 1. The fraction of sp³-hybridized carbons (Fsp3) is 0.316. The molecule has 0 aliphatic carbocycles. The molecule has 0 fully saturated rings. The van der Waals surface area contributed by atoms with E-state index in [4.69, 9.17) is 9.47 Å². The van der Waals surface area contributed by atoms with Gasteiger partial charge in [0.1, 0.15) is 11.5 Å². The Hall–Kier alpha value is -2.05. The average molecular weight is 407 g/mol. The van der Waals surface area contributed by atoms with E-state index in [1.54, 1.807) is 14.2 Å². The van der Waals surface area contributed by atoms with Crippen molar-refractivity contribution in [2.75, 3.05) is 32.6 Å². The van der Waals surface area contributed by atoms with Crippen LogP contribution in [0.5, 0.6) is 11.5 Å². The molecule has 0 spiro atoms. The Kier molecular flexibility index (Phi) is 7.28. The third kappa shape index (κ3) is 5.47. The van der Waals surface area contributed by atoms with Crippen LogP contribution in [0, 0.1) is 0 Å². The number of amides is 1. The molecule has 0 saturated carbocycles. The van der Waals surface area contributed by atoms with Gasteiger partial charge in [-0.25, -0.2) is 0 Å². The zero-order valence-electron chi connectivity index (χ0n) is 14.7. The van der Waals surface area contributed by atoms with Crippen LogP contribution in [0.25, 0.3) is 0 Å². The lowest BCUT2D eigenvalue weighted by molar-refractivity contribution is -0.117. The van der Waals surface area contributed by atoms with Gasteiger partial charge < -0.3 is 14.8 Å². The Morgan fingerprint density at radius 1 is 1.12 bits per heavy atom. The number of hydrogen-bond donors (Lipinski definition) is 1. The SMILES string of the molecule is CCN(CC(=O)Nc1ccccc1OC)Cc1ccc(OC)c(Br)c1. The Bertz CT molecular complexity index is 722. The first kappa shape index (κ1) is 19.3. The molecule has 5 nitrogen and oxygen atoms in total. The summed E-state index contributed by atoms with van der Waals surface area (Å²) in [6, 6.07) is 13.3. The van der Waals surface area contributed by atoms with Gasteiger partial charge in [-0.05, 0) is 52.3 Å². The number of nitrogens with zero attached hydrogens (tertiary/aromatic N) is 1. The van der Waals surface area contributed by atoms with Crippen LogP contribution in [0.3, 0.4) is 0 Å². The molecule has 0 unspecified atom stereocenters. The molecule has 6 heteroatoms. The fourth-order valence-corrected chi connectivity index (χ4v) is 3.07. The zero-order valence-corrected chi connectivity index (χ0v) is 16.3. The molecule has 0 radical (unpaired) electrons. The van der Waals surface area contributed by atoms with Gasteiger partial charge in [0.2, 0.25) is 5.91 Å². The number of anilines is 1. The first-order chi connectivity index (χ1) is 12.1. The number of rotatable bonds is 8. The number of likely N-dealkylation sites (N-methyl/N-ethyl adjacent to an activating group) is 1. The Morgan fingerprint density at radius 3 is 2.48 bits per heavy atom. The number of para-hydroxylation sites is 2. The lowest BCUT2D eigenvalue weighted by atomic mass is 10.2. The summed E-state index contributed by atoms with van der Waals surface area (Å²) in [7, 11) is 3.23. The monoisotopic (exact) mass is 406 g/mol. The van der Waals surface area contributed by atoms with Crippen molar-refractivity contribution in [2.24, 2.45) is 0 Å². The predicted octanol–water partition coefficient (Wildman–Crippen LogP) is 3.93. The molecule has 0 aromatic heterocycles. The Labute approximate surface area is 157 Å². The smallest absolute Gasteiger partial charge is 0.238 e. The molecule has 0 bridgehead atoms. The van der Waals surface area contributed by atoms with Crippen molar-refractivity contribution in [3.05, 3.63) is 52.5 Å². The second kappa shape index (κ2) is 9.44. The molecule has 1 amide bonds. The molecule has 2 rings (SSSR count). The van der Waals surface area contributed by atoms with Gasteiger partial charge in [-0.2, -0.15) is 0 Å². The number of hydrogen-bond acceptors (Lipinski definition) is 4. The van der Waals surface area contributed by atoms with Gasteiger partial charge in [0.05, 0.1) is 30.9 Å². The van der Waals surface area contributed by atoms with Crippen molar-refractivity contribution >= 4 is 27.5 Å². The summed E-state index contributed by atoms with van der Waals surface area (Å²) in [5, 5.41) is 2.91. The summed E-state index contributed by atoms with van der Waals surface area (Å²) < 4.78 is 11.4. The molecule has 134 valence electrons. The lowest BCUT2D eigenvalue weighted by Crippen LogP contribution is -2.32. The normalized spacial score (nSPS) is 10.6. The van der Waals surface area contributed by atoms with Crippen molar-refractivity contribution in [1.82, 2.24) is 4.90 Å². The first-order valence-corrected chi connectivity index (χ1v) is 8.84. The maximum absolute atomic E-state index is 12.4. The predicted molar refractivity (Wildman–Crippen MR) is 103 cm³/mol. The van der Waals surface area contributed by atoms with Crippen LogP contribution in [-0.2, 0) is 11.3 Å². The molecule has 0 aliphatic heterocycles. The van der Waals surface area contributed by atoms with Crippen LogP contribution < -0.4 is 14.8 Å². The largest absolute Gasteiger partial charge is 0.496 e. The third-order valence-electron chi connectivity index (χ3n) is 3.82. The lowest BCUT2D eigenvalue weighted by Gasteiger charge is -2.20. The third-order valence-corrected chi connectivity index (χ3v) is 4.44. The van der Waals surface area contributed by atoms with Crippen LogP contribution in [0.15, 0.2) is 46.9 Å². The fourth-order valence-electron chi connectivity index (χ4n) is 2.49. The molecule has 2 aromatic carbocycles. The van der Waals surface area contributed by atoms with E-state index in [0.29, 0.717) is 24.5 Å². The molecule has 0 atom stereocenters. The zero-order chi connectivity index (χ0) is 18.2. The van der Waals surface area contributed by atoms with E-state index < -0.39 is 0 Å². The first-order valence-electron chi connectivity index (χ1n) is 8.05. The van der Waals surface area contributed by atoms with Crippen LogP contribution in [0.1, 0.15) is 12.5 Å². The summed E-state index contributed by atoms with van der Waals surface area (Å²) in [5.74, 6) is 1.37. The molecule has 2 aromatic rings. The second-order valence-electron chi connectivity index (χ2n) is 5.52. The highest BCUT2D eigenvalue weighted by molar-refractivity contribution is 9.10. The number of carbonyl (C=O) groups excluding carboxylic acids is 1. The van der Waals surface area contributed by atoms with Crippen molar-refractivity contribution in [3.8, 4) is 11.5 Å². The second-order valence-corrected chi connectivity index (χ2v) is 6.37. The van der Waals surface area contributed by atoms with Gasteiger partial charge in [0.25, 0.3) is 0 Å². The molecule has 0 saturated heterocycles. The van der Waals surface area contributed by atoms with Gasteiger partial charge >= 0.3 is 0 Å². The quantitative estimate of drug-likeness (QED) is 0.721. The molecule has 1 N–H and O–H groups in total. The van der Waals surface area contributed by atoms with E-state index in [9.17, 15) is 4.79 Å². The van der Waals surface area contributed by atoms with Crippen LogP contribution >= 0.6 is 15.9 Å². The van der Waals surface area contributed by atoms with E-state index in [1.165, 1.54) is 0 Å². The highest BCUT2D eigenvalue weighted by atomic mass is 79.9. The van der Waals surface area contributed by atoms with Gasteiger partial charge in [0, 0.05) is 6.54 Å². The molecule has 0 heterocycles. The van der Waals surface area contributed by atoms with Crippen molar-refractivity contribution in [3.63, 3.8) is 0 Å². The van der Waals surface area contributed by atoms with Crippen molar-refractivity contribution < 1.29 is 14.3 Å². The van der Waals surface area contributed by atoms with Gasteiger partial charge in [0.15, 0.2) is 0 Å². The Morgan fingerprint density at radius 2 is 1.84 bits per heavy atom. The van der Waals surface area contributed by atoms with Gasteiger partial charge in [-0.15, -0.1) is 0 Å². The average Bonchev–Trinajstić information content (AvgIpc) is 2.61. The van der Waals surface area contributed by atoms with E-state index in [2.05, 4.69) is 26.1 Å². The van der Waals surface area contributed by atoms with Crippen LogP contribution in [-0.4, -0.2) is 38.1 Å². The summed E-state index contributed by atoms with van der Waals surface area (Å²) >= 11 is 3.49. The number of methoxy groups -OCH3 is 2. The summed E-state index contributed by atoms with van der Waals surface area (Å²) in [4.78, 5) is 14.4. The van der Waals surface area contributed by atoms with Crippen LogP contribution in [0.2, 0.25) is 0 Å². The van der Waals surface area contributed by atoms with Gasteiger partial charge in [-0.3, -0.25) is 9.69 Å². The van der Waals surface area contributed by atoms with Crippen LogP contribution in [0.4, 0.5) is 5.69 Å². The molecular weight excluding hydrogens is 384 g/mol. The van der Waals surface area contributed by atoms with Crippen molar-refractivity contribution in [2.45, 2.75) is 13.5 Å². The maximum Gasteiger partial charge on any atom is 0.238 e. The minimum absolute atomic E-state index is 0.0704. The topological polar surface area (TPSA) is 50.8 Å².